The van der Waals surface area contributed by atoms with Crippen LogP contribution in [0.3, 0.4) is 0 Å². The van der Waals surface area contributed by atoms with Crippen LogP contribution in [-0.4, -0.2) is 21.4 Å². The standard InChI is InChI=1S/C51H46Cl2N3/c1-3-5-33-54-45(41-21-13-19-39-43(52)27-31-47(54)49(39)41)29-25-35-23-24-36(51(35)56(37-15-9-7-10-16-37)38-17-11-8-12-18-38)26-30-46-42-22-14-20-40-44(53)28-32-48(50(40)42)55(46)34-6-4-2/h7-22,25-32H,3-6,23-24,33-34H2,1-2H3/q+1. The molecule has 5 heteroatoms. The lowest BCUT2D eigenvalue weighted by Crippen LogP contribution is -2.18. The summed E-state index contributed by atoms with van der Waals surface area (Å²) in [6.45, 7) is 6.45. The third kappa shape index (κ3) is 6.37. The van der Waals surface area contributed by atoms with Gasteiger partial charge in [0.2, 0.25) is 11.4 Å². The van der Waals surface area contributed by atoms with E-state index in [1.165, 1.54) is 60.8 Å². The van der Waals surface area contributed by atoms with Gasteiger partial charge in [-0.1, -0.05) is 129 Å². The summed E-state index contributed by atoms with van der Waals surface area (Å²) >= 11 is 13.6. The van der Waals surface area contributed by atoms with Crippen LogP contribution in [-0.2, 0) is 6.54 Å². The lowest BCUT2D eigenvalue weighted by Gasteiger charge is -2.28. The van der Waals surface area contributed by atoms with Gasteiger partial charge in [-0.3, -0.25) is 0 Å². The van der Waals surface area contributed by atoms with Gasteiger partial charge in [-0.15, -0.1) is 0 Å². The Kier molecular flexibility index (Phi) is 10.1. The van der Waals surface area contributed by atoms with Gasteiger partial charge in [0.05, 0.1) is 16.6 Å². The monoisotopic (exact) mass is 770 g/mol. The third-order valence-corrected chi connectivity index (χ3v) is 12.2. The molecule has 3 nitrogen and oxygen atoms in total. The highest BCUT2D eigenvalue weighted by atomic mass is 35.5. The fraction of sp³-hybridized carbons (Fsp3) is 0.196. The highest BCUT2D eigenvalue weighted by Gasteiger charge is 2.32. The number of hydrogen-bond acceptors (Lipinski definition) is 1. The largest absolute Gasteiger partial charge is 0.340 e. The first kappa shape index (κ1) is 36.3. The minimum atomic E-state index is 0.801. The Morgan fingerprint density at radius 1 is 0.643 bits per heavy atom. The minimum Gasteiger partial charge on any atom is -0.340 e. The van der Waals surface area contributed by atoms with E-state index in [1.807, 2.05) is 0 Å². The number of anilines is 2. The molecule has 0 N–H and O–H groups in total. The van der Waals surface area contributed by atoms with Crippen LogP contribution in [0.1, 0.15) is 57.9 Å². The number of halogens is 2. The van der Waals surface area contributed by atoms with E-state index >= 15 is 0 Å². The van der Waals surface area contributed by atoms with Gasteiger partial charge < -0.3 is 9.47 Å². The molecule has 1 aliphatic heterocycles. The van der Waals surface area contributed by atoms with Gasteiger partial charge >= 0.3 is 0 Å². The van der Waals surface area contributed by atoms with Crippen LogP contribution in [0.15, 0.2) is 156 Å². The summed E-state index contributed by atoms with van der Waals surface area (Å²) in [5.74, 6) is 0. The van der Waals surface area contributed by atoms with Gasteiger partial charge in [0.25, 0.3) is 0 Å². The normalized spacial score (nSPS) is 15.4. The number of benzene rings is 6. The minimum absolute atomic E-state index is 0.801. The second-order valence-electron chi connectivity index (χ2n) is 14.9. The Morgan fingerprint density at radius 3 is 2.02 bits per heavy atom. The van der Waals surface area contributed by atoms with Gasteiger partial charge in [0.1, 0.15) is 6.54 Å². The molecule has 7 aromatic rings. The maximum Gasteiger partial charge on any atom is 0.214 e. The third-order valence-electron chi connectivity index (χ3n) is 11.5. The van der Waals surface area contributed by atoms with Crippen LogP contribution in [0, 0.1) is 0 Å². The first-order chi connectivity index (χ1) is 27.6. The molecule has 1 aromatic heterocycles. The summed E-state index contributed by atoms with van der Waals surface area (Å²) in [5, 5.41) is 8.82. The summed E-state index contributed by atoms with van der Waals surface area (Å²) in [4.78, 5) is 2.46. The van der Waals surface area contributed by atoms with Crippen LogP contribution in [0.5, 0.6) is 0 Å². The number of hydrogen-bond donors (Lipinski definition) is 0. The van der Waals surface area contributed by atoms with Crippen LogP contribution in [0.4, 0.5) is 17.1 Å². The summed E-state index contributed by atoms with van der Waals surface area (Å²) in [7, 11) is 0. The fourth-order valence-corrected chi connectivity index (χ4v) is 9.29. The van der Waals surface area contributed by atoms with E-state index in [0.29, 0.717) is 0 Å². The van der Waals surface area contributed by atoms with Crippen LogP contribution >= 0.6 is 23.2 Å². The van der Waals surface area contributed by atoms with Crippen molar-refractivity contribution in [3.8, 4) is 0 Å². The molecule has 0 saturated carbocycles. The smallest absolute Gasteiger partial charge is 0.214 e. The Balaban J connectivity index is 1.26. The molecule has 0 radical (unpaired) electrons. The zero-order valence-corrected chi connectivity index (χ0v) is 33.6. The average molecular weight is 772 g/mol. The molecule has 56 heavy (non-hydrogen) atoms. The van der Waals surface area contributed by atoms with Crippen molar-refractivity contribution in [2.45, 2.75) is 58.9 Å². The first-order valence-electron chi connectivity index (χ1n) is 20.1. The highest BCUT2D eigenvalue weighted by Crippen LogP contribution is 2.43. The van der Waals surface area contributed by atoms with Gasteiger partial charge in [0, 0.05) is 78.9 Å². The zero-order valence-electron chi connectivity index (χ0n) is 32.1. The first-order valence-corrected chi connectivity index (χ1v) is 20.9. The molecule has 1 aliphatic carbocycles. The Bertz CT molecular complexity index is 2750. The predicted octanol–water partition coefficient (Wildman–Crippen LogP) is 13.9. The van der Waals surface area contributed by atoms with E-state index in [9.17, 15) is 0 Å². The molecule has 6 aromatic carbocycles. The number of aryl methyl sites for hydroxylation is 1. The van der Waals surface area contributed by atoms with Crippen molar-refractivity contribution in [3.05, 3.63) is 177 Å². The zero-order chi connectivity index (χ0) is 38.2. The fourth-order valence-electron chi connectivity index (χ4n) is 8.85. The molecule has 0 bridgehead atoms. The number of nitrogens with zero attached hydrogens (tertiary/aromatic N) is 3. The lowest BCUT2D eigenvalue weighted by molar-refractivity contribution is -0.436. The molecule has 278 valence electrons. The number of aromatic nitrogens is 1. The highest BCUT2D eigenvalue weighted by molar-refractivity contribution is 6.38. The topological polar surface area (TPSA) is 11.2 Å². The van der Waals surface area contributed by atoms with E-state index in [0.717, 1.165) is 83.8 Å². The van der Waals surface area contributed by atoms with E-state index < -0.39 is 0 Å². The van der Waals surface area contributed by atoms with Crippen LogP contribution in [0.2, 0.25) is 10.0 Å². The molecular weight excluding hydrogens is 725 g/mol. The van der Waals surface area contributed by atoms with Crippen molar-refractivity contribution in [2.24, 2.45) is 0 Å². The average Bonchev–Trinajstić information content (AvgIpc) is 3.88. The number of unbranched alkanes of at least 4 members (excludes halogenated alkanes) is 2. The van der Waals surface area contributed by atoms with Crippen molar-refractivity contribution in [1.82, 2.24) is 4.57 Å². The van der Waals surface area contributed by atoms with Crippen LogP contribution in [0.25, 0.3) is 38.5 Å². The molecule has 0 unspecified atom stereocenters. The van der Waals surface area contributed by atoms with Crippen molar-refractivity contribution in [3.63, 3.8) is 0 Å². The van der Waals surface area contributed by atoms with Crippen LogP contribution < -0.4 is 10.2 Å². The maximum absolute atomic E-state index is 6.78. The summed E-state index contributed by atoms with van der Waals surface area (Å²) in [6.07, 6.45) is 15.9. The van der Waals surface area contributed by atoms with Gasteiger partial charge in [0.15, 0.2) is 0 Å². The van der Waals surface area contributed by atoms with Crippen molar-refractivity contribution in [2.75, 3.05) is 11.4 Å². The van der Waals surface area contributed by atoms with E-state index in [1.54, 1.807) is 0 Å². The molecule has 0 spiro atoms. The molecule has 0 saturated heterocycles. The van der Waals surface area contributed by atoms with Crippen molar-refractivity contribution in [1.29, 1.82) is 0 Å². The van der Waals surface area contributed by atoms with Gasteiger partial charge in [-0.25, -0.2) is 0 Å². The number of allylic oxidation sites excluding steroid dienone is 5. The second-order valence-corrected chi connectivity index (χ2v) is 15.8. The van der Waals surface area contributed by atoms with Gasteiger partial charge in [-0.2, -0.15) is 4.58 Å². The Morgan fingerprint density at radius 2 is 1.30 bits per heavy atom. The molecule has 0 atom stereocenters. The molecule has 2 aliphatic rings. The molecule has 0 amide bonds. The summed E-state index contributed by atoms with van der Waals surface area (Å²) < 4.78 is 5.01. The van der Waals surface area contributed by atoms with E-state index in [-0.39, 0.29) is 0 Å². The summed E-state index contributed by atoms with van der Waals surface area (Å²) in [6, 6.07) is 43.2. The van der Waals surface area contributed by atoms with Gasteiger partial charge in [-0.05, 0) is 85.0 Å². The van der Waals surface area contributed by atoms with E-state index in [2.05, 4.69) is 174 Å². The number of rotatable bonds is 12. The lowest BCUT2D eigenvalue weighted by atomic mass is 10.0. The van der Waals surface area contributed by atoms with Crippen molar-refractivity contribution >= 4 is 84.5 Å². The Labute approximate surface area is 339 Å². The molecule has 9 rings (SSSR count). The van der Waals surface area contributed by atoms with Crippen molar-refractivity contribution < 1.29 is 4.58 Å². The second kappa shape index (κ2) is 15.7. The SMILES string of the molecule is CCCCn1c(=C/C=C2\CCC(/C=C/C3=[N+](CCCC)c4ccc(Cl)c5cccc3c45)=C2N(c2ccccc2)c2ccccc2)c2cccc3c(Cl)ccc1c32. The molecular formula is C51H46Cl2N3+. The molecule has 2 heterocycles. The quantitative estimate of drug-likeness (QED) is 0.113. The summed E-state index contributed by atoms with van der Waals surface area (Å²) in [5.41, 5.74) is 11.1. The number of para-hydroxylation sites is 2. The molecule has 0 fully saturated rings. The Hall–Kier alpha value is -5.35. The van der Waals surface area contributed by atoms with E-state index in [4.69, 9.17) is 23.2 Å². The maximum atomic E-state index is 6.78. The predicted molar refractivity (Wildman–Crippen MR) is 240 cm³/mol.